The highest BCUT2D eigenvalue weighted by Gasteiger charge is 2.13. The molecule has 0 aromatic heterocycles. The number of rotatable bonds is 4. The first kappa shape index (κ1) is 15.9. The monoisotopic (exact) mass is 322 g/mol. The Balaban J connectivity index is 2.24. The number of carbonyl (C=O) groups excluding carboxylic acids is 1. The second-order valence-electron chi connectivity index (χ2n) is 5.30. The molecule has 0 saturated carbocycles. The van der Waals surface area contributed by atoms with Crippen molar-refractivity contribution in [1.29, 1.82) is 0 Å². The molecular weight excluding hydrogens is 304 g/mol. The highest BCUT2D eigenvalue weighted by molar-refractivity contribution is 6.02. The zero-order chi connectivity index (χ0) is 17.1. The minimum absolute atomic E-state index is 0.353. The zero-order valence-corrected chi connectivity index (χ0v) is 13.8. The largest absolute Gasteiger partial charge is 0.497 e. The summed E-state index contributed by atoms with van der Waals surface area (Å²) in [7, 11) is 4.63. The predicted molar refractivity (Wildman–Crippen MR) is 93.8 cm³/mol. The summed E-state index contributed by atoms with van der Waals surface area (Å²) in [6.45, 7) is 0. The minimum atomic E-state index is -0.353. The fourth-order valence-corrected chi connectivity index (χ4v) is 2.77. The second-order valence-corrected chi connectivity index (χ2v) is 5.30. The summed E-state index contributed by atoms with van der Waals surface area (Å²) in [6, 6.07) is 17.2. The van der Waals surface area contributed by atoms with Crippen molar-refractivity contribution in [1.82, 2.24) is 0 Å². The van der Waals surface area contributed by atoms with Crippen molar-refractivity contribution in [2.24, 2.45) is 0 Å². The number of hydrogen-bond donors (Lipinski definition) is 0. The van der Waals surface area contributed by atoms with Crippen LogP contribution in [0.5, 0.6) is 11.5 Å². The number of fused-ring (bicyclic) bond motifs is 1. The van der Waals surface area contributed by atoms with E-state index in [4.69, 9.17) is 14.2 Å². The van der Waals surface area contributed by atoms with Gasteiger partial charge in [0.05, 0.1) is 26.9 Å². The van der Waals surface area contributed by atoms with E-state index >= 15 is 0 Å². The first-order valence-corrected chi connectivity index (χ1v) is 7.51. The molecule has 3 aromatic rings. The molecule has 0 aliphatic heterocycles. The van der Waals surface area contributed by atoms with Gasteiger partial charge in [-0.3, -0.25) is 0 Å². The number of benzene rings is 3. The number of esters is 1. The van der Waals surface area contributed by atoms with E-state index in [1.165, 1.54) is 7.11 Å². The van der Waals surface area contributed by atoms with Gasteiger partial charge in [0.25, 0.3) is 0 Å². The molecule has 122 valence electrons. The standard InChI is InChI=1S/C20H18O4/c1-22-15-9-10-17(19(12-15)23-2)16-6-4-5-13-7-8-14(11-18(13)16)20(21)24-3/h4-12H,1-3H3. The molecule has 0 radical (unpaired) electrons. The van der Waals surface area contributed by atoms with E-state index in [1.54, 1.807) is 20.3 Å². The maximum Gasteiger partial charge on any atom is 0.337 e. The van der Waals surface area contributed by atoms with Crippen molar-refractivity contribution < 1.29 is 19.0 Å². The molecule has 0 aliphatic carbocycles. The lowest BCUT2D eigenvalue weighted by atomic mass is 9.96. The van der Waals surface area contributed by atoms with Crippen molar-refractivity contribution in [2.75, 3.05) is 21.3 Å². The lowest BCUT2D eigenvalue weighted by molar-refractivity contribution is 0.0601. The molecule has 0 saturated heterocycles. The first-order valence-electron chi connectivity index (χ1n) is 7.51. The van der Waals surface area contributed by atoms with Crippen LogP contribution < -0.4 is 9.47 Å². The molecule has 0 aliphatic rings. The molecule has 0 bridgehead atoms. The third kappa shape index (κ3) is 2.78. The SMILES string of the molecule is COC(=O)c1ccc2cccc(-c3ccc(OC)cc3OC)c2c1. The molecule has 3 aromatic carbocycles. The normalized spacial score (nSPS) is 10.5. The van der Waals surface area contributed by atoms with Gasteiger partial charge in [-0.05, 0) is 40.6 Å². The van der Waals surface area contributed by atoms with Crippen LogP contribution in [0.1, 0.15) is 10.4 Å². The van der Waals surface area contributed by atoms with Crippen molar-refractivity contribution in [2.45, 2.75) is 0 Å². The van der Waals surface area contributed by atoms with E-state index < -0.39 is 0 Å². The quantitative estimate of drug-likeness (QED) is 0.671. The van der Waals surface area contributed by atoms with Gasteiger partial charge in [-0.1, -0.05) is 24.3 Å². The topological polar surface area (TPSA) is 44.8 Å². The van der Waals surface area contributed by atoms with E-state index in [2.05, 4.69) is 0 Å². The highest BCUT2D eigenvalue weighted by Crippen LogP contribution is 2.37. The molecule has 0 amide bonds. The first-order chi connectivity index (χ1) is 11.7. The lowest BCUT2D eigenvalue weighted by Gasteiger charge is -2.13. The van der Waals surface area contributed by atoms with Crippen LogP contribution >= 0.6 is 0 Å². The molecule has 0 spiro atoms. The Kier molecular flexibility index (Phi) is 4.38. The fraction of sp³-hybridized carbons (Fsp3) is 0.150. The van der Waals surface area contributed by atoms with E-state index in [-0.39, 0.29) is 5.97 Å². The molecule has 24 heavy (non-hydrogen) atoms. The van der Waals surface area contributed by atoms with Crippen molar-refractivity contribution in [3.63, 3.8) is 0 Å². The van der Waals surface area contributed by atoms with Crippen LogP contribution in [0.4, 0.5) is 0 Å². The van der Waals surface area contributed by atoms with Crippen LogP contribution in [-0.2, 0) is 4.74 Å². The lowest BCUT2D eigenvalue weighted by Crippen LogP contribution is -2.00. The van der Waals surface area contributed by atoms with Crippen LogP contribution in [0.3, 0.4) is 0 Å². The Labute approximate surface area is 140 Å². The van der Waals surface area contributed by atoms with Gasteiger partial charge in [-0.25, -0.2) is 4.79 Å². The van der Waals surface area contributed by atoms with Crippen LogP contribution in [0.15, 0.2) is 54.6 Å². The molecule has 0 atom stereocenters. The maximum atomic E-state index is 11.8. The highest BCUT2D eigenvalue weighted by atomic mass is 16.5. The van der Waals surface area contributed by atoms with Crippen LogP contribution in [0.2, 0.25) is 0 Å². The fourth-order valence-electron chi connectivity index (χ4n) is 2.77. The minimum Gasteiger partial charge on any atom is -0.497 e. The Morgan fingerprint density at radius 3 is 2.38 bits per heavy atom. The summed E-state index contributed by atoms with van der Waals surface area (Å²) in [5, 5.41) is 2.00. The second kappa shape index (κ2) is 6.62. The average molecular weight is 322 g/mol. The summed E-state index contributed by atoms with van der Waals surface area (Å²) in [6.07, 6.45) is 0. The summed E-state index contributed by atoms with van der Waals surface area (Å²) >= 11 is 0. The van der Waals surface area contributed by atoms with Gasteiger partial charge in [-0.2, -0.15) is 0 Å². The summed E-state index contributed by atoms with van der Waals surface area (Å²) < 4.78 is 15.6. The van der Waals surface area contributed by atoms with E-state index in [9.17, 15) is 4.79 Å². The maximum absolute atomic E-state index is 11.8. The Bertz CT molecular complexity index is 899. The van der Waals surface area contributed by atoms with Crippen molar-refractivity contribution >= 4 is 16.7 Å². The van der Waals surface area contributed by atoms with Gasteiger partial charge in [-0.15, -0.1) is 0 Å². The van der Waals surface area contributed by atoms with Crippen LogP contribution in [-0.4, -0.2) is 27.3 Å². The molecule has 3 rings (SSSR count). The summed E-state index contributed by atoms with van der Waals surface area (Å²) in [5.41, 5.74) is 2.44. The van der Waals surface area contributed by atoms with E-state index in [0.717, 1.165) is 27.6 Å². The number of carbonyl (C=O) groups is 1. The van der Waals surface area contributed by atoms with Gasteiger partial charge >= 0.3 is 5.97 Å². The smallest absolute Gasteiger partial charge is 0.337 e. The average Bonchev–Trinajstić information content (AvgIpc) is 2.65. The summed E-state index contributed by atoms with van der Waals surface area (Å²) in [5.74, 6) is 1.09. The van der Waals surface area contributed by atoms with E-state index in [1.807, 2.05) is 48.5 Å². The molecule has 4 nitrogen and oxygen atoms in total. The van der Waals surface area contributed by atoms with Gasteiger partial charge in [0.15, 0.2) is 0 Å². The van der Waals surface area contributed by atoms with Gasteiger partial charge in [0.2, 0.25) is 0 Å². The predicted octanol–water partition coefficient (Wildman–Crippen LogP) is 4.31. The Morgan fingerprint density at radius 1 is 0.833 bits per heavy atom. The van der Waals surface area contributed by atoms with Gasteiger partial charge < -0.3 is 14.2 Å². The van der Waals surface area contributed by atoms with Crippen LogP contribution in [0.25, 0.3) is 21.9 Å². The van der Waals surface area contributed by atoms with Crippen molar-refractivity contribution in [3.05, 3.63) is 60.2 Å². The molecule has 0 unspecified atom stereocenters. The number of hydrogen-bond acceptors (Lipinski definition) is 4. The molecule has 4 heteroatoms. The van der Waals surface area contributed by atoms with Gasteiger partial charge in [0.1, 0.15) is 11.5 Å². The number of methoxy groups -OCH3 is 3. The molecule has 0 fully saturated rings. The molecule has 0 N–H and O–H groups in total. The third-order valence-corrected chi connectivity index (χ3v) is 4.00. The summed E-state index contributed by atoms with van der Waals surface area (Å²) in [4.78, 5) is 11.8. The third-order valence-electron chi connectivity index (χ3n) is 4.00. The Morgan fingerprint density at radius 2 is 1.67 bits per heavy atom. The zero-order valence-electron chi connectivity index (χ0n) is 13.8. The van der Waals surface area contributed by atoms with Crippen LogP contribution in [0, 0.1) is 0 Å². The van der Waals surface area contributed by atoms with Crippen molar-refractivity contribution in [3.8, 4) is 22.6 Å². The molecular formula is C20H18O4. The van der Waals surface area contributed by atoms with Gasteiger partial charge in [0, 0.05) is 11.6 Å². The Hall–Kier alpha value is -3.01. The molecule has 0 heterocycles. The van der Waals surface area contributed by atoms with E-state index in [0.29, 0.717) is 11.3 Å². The number of ether oxygens (including phenoxy) is 3.